The summed E-state index contributed by atoms with van der Waals surface area (Å²) in [5.74, 6) is 0.823. The smallest absolute Gasteiger partial charge is 0.122 e. The van der Waals surface area contributed by atoms with Gasteiger partial charge in [0.25, 0.3) is 0 Å². The third kappa shape index (κ3) is 7.07. The van der Waals surface area contributed by atoms with E-state index in [-0.39, 0.29) is 11.9 Å². The summed E-state index contributed by atoms with van der Waals surface area (Å²) in [6.45, 7) is 7.48. The summed E-state index contributed by atoms with van der Waals surface area (Å²) >= 11 is 0. The number of hydrogen-bond acceptors (Lipinski definition) is 4. The van der Waals surface area contributed by atoms with Crippen LogP contribution < -0.4 is 10.1 Å². The van der Waals surface area contributed by atoms with Crippen LogP contribution in [-0.2, 0) is 10.8 Å². The summed E-state index contributed by atoms with van der Waals surface area (Å²) in [6, 6.07) is 6.04. The van der Waals surface area contributed by atoms with Gasteiger partial charge in [-0.05, 0) is 44.0 Å². The van der Waals surface area contributed by atoms with Gasteiger partial charge < -0.3 is 15.2 Å². The zero-order valence-electron chi connectivity index (χ0n) is 13.4. The maximum atomic E-state index is 11.2. The van der Waals surface area contributed by atoms with Crippen LogP contribution in [0.3, 0.4) is 0 Å². The number of nitrogens with one attached hydrogen (secondary N) is 1. The van der Waals surface area contributed by atoms with Crippen molar-refractivity contribution in [1.29, 1.82) is 0 Å². The third-order valence-corrected chi connectivity index (χ3v) is 4.82. The standard InChI is InChI=1S/C16H27NO3S/c1-12-5-6-13(2)16(9-12)20-11-15(18)10-17-8-7-14(3)21(4)19/h5-6,9,14-15,17-18H,7-8,10-11H2,1-4H3. The second kappa shape index (κ2) is 9.18. The highest BCUT2D eigenvalue weighted by molar-refractivity contribution is 7.84. The van der Waals surface area contributed by atoms with E-state index in [2.05, 4.69) is 5.32 Å². The van der Waals surface area contributed by atoms with Gasteiger partial charge in [-0.15, -0.1) is 0 Å². The zero-order chi connectivity index (χ0) is 15.8. The van der Waals surface area contributed by atoms with Crippen molar-refractivity contribution < 1.29 is 14.1 Å². The Morgan fingerprint density at radius 1 is 1.38 bits per heavy atom. The molecule has 4 nitrogen and oxygen atoms in total. The number of aliphatic hydroxyl groups excluding tert-OH is 1. The fourth-order valence-electron chi connectivity index (χ4n) is 1.85. The minimum Gasteiger partial charge on any atom is -0.491 e. The highest BCUT2D eigenvalue weighted by Crippen LogP contribution is 2.19. The maximum absolute atomic E-state index is 11.2. The van der Waals surface area contributed by atoms with Gasteiger partial charge in [0.05, 0.1) is 0 Å². The number of rotatable bonds is 9. The monoisotopic (exact) mass is 313 g/mol. The molecule has 21 heavy (non-hydrogen) atoms. The Morgan fingerprint density at radius 2 is 2.10 bits per heavy atom. The average molecular weight is 313 g/mol. The lowest BCUT2D eigenvalue weighted by molar-refractivity contribution is 0.106. The van der Waals surface area contributed by atoms with Crippen LogP contribution in [0.2, 0.25) is 0 Å². The van der Waals surface area contributed by atoms with E-state index in [4.69, 9.17) is 4.74 Å². The molecule has 1 aromatic rings. The van der Waals surface area contributed by atoms with Crippen molar-refractivity contribution in [2.75, 3.05) is 26.0 Å². The van der Waals surface area contributed by atoms with Crippen LogP contribution >= 0.6 is 0 Å². The first-order valence-corrected chi connectivity index (χ1v) is 8.93. The van der Waals surface area contributed by atoms with Crippen LogP contribution in [0, 0.1) is 13.8 Å². The zero-order valence-corrected chi connectivity index (χ0v) is 14.2. The van der Waals surface area contributed by atoms with Crippen LogP contribution in [0.25, 0.3) is 0 Å². The fourth-order valence-corrected chi connectivity index (χ4v) is 2.30. The van der Waals surface area contributed by atoms with Gasteiger partial charge in [-0.3, -0.25) is 4.21 Å². The van der Waals surface area contributed by atoms with Crippen LogP contribution in [-0.4, -0.2) is 46.6 Å². The summed E-state index contributed by atoms with van der Waals surface area (Å²) in [5, 5.41) is 13.2. The Hall–Kier alpha value is -0.910. The molecule has 120 valence electrons. The minimum atomic E-state index is -0.785. The molecule has 0 heterocycles. The molecule has 0 saturated carbocycles. The van der Waals surface area contributed by atoms with E-state index in [1.54, 1.807) is 6.26 Å². The molecule has 2 N–H and O–H groups in total. The molecule has 0 aliphatic heterocycles. The molecular formula is C16H27NO3S. The first-order chi connectivity index (χ1) is 9.90. The van der Waals surface area contributed by atoms with Crippen molar-refractivity contribution in [3.8, 4) is 5.75 Å². The molecule has 0 aliphatic carbocycles. The molecule has 0 saturated heterocycles. The van der Waals surface area contributed by atoms with E-state index in [0.29, 0.717) is 6.54 Å². The van der Waals surface area contributed by atoms with E-state index in [0.717, 1.165) is 29.8 Å². The molecule has 0 spiro atoms. The van der Waals surface area contributed by atoms with E-state index in [1.807, 2.05) is 39.0 Å². The largest absolute Gasteiger partial charge is 0.491 e. The molecule has 3 atom stereocenters. The Labute approximate surface area is 130 Å². The predicted octanol–water partition coefficient (Wildman–Crippen LogP) is 1.79. The number of benzene rings is 1. The summed E-state index contributed by atoms with van der Waals surface area (Å²) in [4.78, 5) is 0. The van der Waals surface area contributed by atoms with Crippen molar-refractivity contribution in [3.63, 3.8) is 0 Å². The van der Waals surface area contributed by atoms with E-state index in [1.165, 1.54) is 0 Å². The lowest BCUT2D eigenvalue weighted by Gasteiger charge is -2.15. The second-order valence-electron chi connectivity index (χ2n) is 5.54. The summed E-state index contributed by atoms with van der Waals surface area (Å²) in [6.07, 6.45) is 2.01. The van der Waals surface area contributed by atoms with Gasteiger partial charge in [0.1, 0.15) is 18.5 Å². The summed E-state index contributed by atoms with van der Waals surface area (Å²) in [7, 11) is -0.785. The first-order valence-electron chi connectivity index (χ1n) is 7.31. The van der Waals surface area contributed by atoms with E-state index < -0.39 is 16.9 Å². The highest BCUT2D eigenvalue weighted by Gasteiger charge is 2.08. The molecule has 1 rings (SSSR count). The molecule has 1 aromatic carbocycles. The first kappa shape index (κ1) is 18.1. The van der Waals surface area contributed by atoms with Crippen molar-refractivity contribution in [2.24, 2.45) is 0 Å². The minimum absolute atomic E-state index is 0.181. The lowest BCUT2D eigenvalue weighted by Crippen LogP contribution is -2.33. The Kier molecular flexibility index (Phi) is 7.93. The quantitative estimate of drug-likeness (QED) is 0.683. The van der Waals surface area contributed by atoms with E-state index in [9.17, 15) is 9.32 Å². The molecule has 0 bridgehead atoms. The summed E-state index contributed by atoms with van der Waals surface area (Å²) in [5.41, 5.74) is 2.21. The number of aryl methyl sites for hydroxylation is 2. The third-order valence-electron chi connectivity index (χ3n) is 3.45. The van der Waals surface area contributed by atoms with Gasteiger partial charge >= 0.3 is 0 Å². The van der Waals surface area contributed by atoms with Gasteiger partial charge in [-0.2, -0.15) is 0 Å². The van der Waals surface area contributed by atoms with Crippen molar-refractivity contribution in [2.45, 2.75) is 38.5 Å². The van der Waals surface area contributed by atoms with Gasteiger partial charge in [0.15, 0.2) is 0 Å². The SMILES string of the molecule is Cc1ccc(C)c(OCC(O)CNCCC(C)S(C)=O)c1. The topological polar surface area (TPSA) is 58.6 Å². The van der Waals surface area contributed by atoms with Crippen molar-refractivity contribution >= 4 is 10.8 Å². The molecule has 0 aliphatic rings. The number of ether oxygens (including phenoxy) is 1. The number of aliphatic hydroxyl groups is 1. The van der Waals surface area contributed by atoms with Crippen LogP contribution in [0.1, 0.15) is 24.5 Å². The van der Waals surface area contributed by atoms with Gasteiger partial charge in [0.2, 0.25) is 0 Å². The molecule has 0 aromatic heterocycles. The van der Waals surface area contributed by atoms with Crippen LogP contribution in [0.15, 0.2) is 18.2 Å². The molecule has 0 radical (unpaired) electrons. The molecule has 3 unspecified atom stereocenters. The van der Waals surface area contributed by atoms with Gasteiger partial charge in [-0.25, -0.2) is 0 Å². The normalized spacial score (nSPS) is 15.5. The Balaban J connectivity index is 2.23. The Bertz CT molecular complexity index is 465. The Morgan fingerprint density at radius 3 is 2.76 bits per heavy atom. The van der Waals surface area contributed by atoms with Crippen molar-refractivity contribution in [3.05, 3.63) is 29.3 Å². The fraction of sp³-hybridized carbons (Fsp3) is 0.625. The highest BCUT2D eigenvalue weighted by atomic mass is 32.2. The van der Waals surface area contributed by atoms with Gasteiger partial charge in [-0.1, -0.05) is 19.1 Å². The number of hydrogen-bond donors (Lipinski definition) is 2. The van der Waals surface area contributed by atoms with Crippen molar-refractivity contribution in [1.82, 2.24) is 5.32 Å². The van der Waals surface area contributed by atoms with Gasteiger partial charge in [0, 0.05) is 28.9 Å². The molecule has 0 fully saturated rings. The van der Waals surface area contributed by atoms with Crippen LogP contribution in [0.4, 0.5) is 0 Å². The van der Waals surface area contributed by atoms with E-state index >= 15 is 0 Å². The molecule has 0 amide bonds. The van der Waals surface area contributed by atoms with Crippen LogP contribution in [0.5, 0.6) is 5.75 Å². The summed E-state index contributed by atoms with van der Waals surface area (Å²) < 4.78 is 16.9. The second-order valence-corrected chi connectivity index (χ2v) is 7.34. The molecular weight excluding hydrogens is 286 g/mol. The average Bonchev–Trinajstić information content (AvgIpc) is 2.44. The maximum Gasteiger partial charge on any atom is 0.122 e. The lowest BCUT2D eigenvalue weighted by atomic mass is 10.1. The predicted molar refractivity (Wildman–Crippen MR) is 88.4 cm³/mol. The molecule has 5 heteroatoms.